The van der Waals surface area contributed by atoms with E-state index in [1.54, 1.807) is 36.0 Å². The Morgan fingerprint density at radius 2 is 1.86 bits per heavy atom. The molecule has 3 aromatic heterocycles. The van der Waals surface area contributed by atoms with E-state index < -0.39 is 5.97 Å². The molecule has 0 saturated heterocycles. The number of pyridine rings is 1. The van der Waals surface area contributed by atoms with Crippen molar-refractivity contribution in [3.05, 3.63) is 99.9 Å². The van der Waals surface area contributed by atoms with Gasteiger partial charge in [-0.15, -0.1) is 5.10 Å². The van der Waals surface area contributed by atoms with E-state index in [0.29, 0.717) is 30.0 Å². The molecular weight excluding hydrogens is 470 g/mol. The molecule has 0 bridgehead atoms. The average molecular weight is 496 g/mol. The standard InChI is InChI=1S/C27H25N7O3/c1-3-7-19-16-34(24-17(2)8-6-11-22(24)26(35)36)27(37)33(19)15-18-12-13-23(28-14-18)20-9-4-5-10-21(20)25-29-31-32-30-25/h4-6,8-14,16H,3,7,15H2,1-2H3,(H,35,36)(H,29,30,31,32). The largest absolute Gasteiger partial charge is 0.478 e. The molecule has 0 spiro atoms. The van der Waals surface area contributed by atoms with Crippen LogP contribution in [-0.2, 0) is 13.0 Å². The predicted molar refractivity (Wildman–Crippen MR) is 138 cm³/mol. The van der Waals surface area contributed by atoms with Crippen molar-refractivity contribution in [2.45, 2.75) is 33.2 Å². The first-order chi connectivity index (χ1) is 18.0. The molecule has 186 valence electrons. The first-order valence-corrected chi connectivity index (χ1v) is 11.9. The fraction of sp³-hybridized carbons (Fsp3) is 0.185. The number of nitrogens with one attached hydrogen (secondary N) is 1. The number of carboxylic acid groups (broad SMARTS) is 1. The number of imidazole rings is 1. The number of aryl methyl sites for hydroxylation is 2. The van der Waals surface area contributed by atoms with Gasteiger partial charge in [-0.2, -0.15) is 0 Å². The number of hydrogen-bond acceptors (Lipinski definition) is 6. The topological polar surface area (TPSA) is 132 Å². The molecule has 0 atom stereocenters. The second kappa shape index (κ2) is 10.0. The van der Waals surface area contributed by atoms with E-state index in [-0.39, 0.29) is 11.3 Å². The maximum Gasteiger partial charge on any atom is 0.337 e. The van der Waals surface area contributed by atoms with Crippen molar-refractivity contribution in [2.24, 2.45) is 0 Å². The molecule has 2 aromatic carbocycles. The molecule has 0 unspecified atom stereocenters. The average Bonchev–Trinajstić information content (AvgIpc) is 3.54. The van der Waals surface area contributed by atoms with E-state index >= 15 is 0 Å². The summed E-state index contributed by atoms with van der Waals surface area (Å²) in [5.41, 5.74) is 5.06. The highest BCUT2D eigenvalue weighted by atomic mass is 16.4. The zero-order valence-corrected chi connectivity index (χ0v) is 20.4. The Labute approximate surface area is 212 Å². The molecule has 0 radical (unpaired) electrons. The predicted octanol–water partition coefficient (Wildman–Crippen LogP) is 3.89. The lowest BCUT2D eigenvalue weighted by Gasteiger charge is -2.10. The SMILES string of the molecule is CCCc1cn(-c2c(C)cccc2C(=O)O)c(=O)n1Cc1ccc(-c2ccccc2-c2nnn[nH]2)nc1. The van der Waals surface area contributed by atoms with Crippen LogP contribution in [0.3, 0.4) is 0 Å². The number of tetrazole rings is 1. The monoisotopic (exact) mass is 495 g/mol. The van der Waals surface area contributed by atoms with Gasteiger partial charge in [0, 0.05) is 29.2 Å². The Bertz CT molecular complexity index is 1620. The van der Waals surface area contributed by atoms with Crippen molar-refractivity contribution in [1.29, 1.82) is 0 Å². The normalized spacial score (nSPS) is 11.1. The highest BCUT2D eigenvalue weighted by Gasteiger charge is 2.19. The third-order valence-corrected chi connectivity index (χ3v) is 6.25. The number of carboxylic acids is 1. The fourth-order valence-corrected chi connectivity index (χ4v) is 4.51. The highest BCUT2D eigenvalue weighted by molar-refractivity contribution is 5.92. The fourth-order valence-electron chi connectivity index (χ4n) is 4.51. The van der Waals surface area contributed by atoms with Crippen LogP contribution in [0.2, 0.25) is 0 Å². The van der Waals surface area contributed by atoms with Crippen LogP contribution in [0.25, 0.3) is 28.3 Å². The van der Waals surface area contributed by atoms with Crippen molar-refractivity contribution in [3.63, 3.8) is 0 Å². The van der Waals surface area contributed by atoms with E-state index in [0.717, 1.165) is 34.5 Å². The summed E-state index contributed by atoms with van der Waals surface area (Å²) in [6.45, 7) is 4.16. The van der Waals surface area contributed by atoms with Crippen LogP contribution in [0.4, 0.5) is 0 Å². The second-order valence-corrected chi connectivity index (χ2v) is 8.73. The van der Waals surface area contributed by atoms with Crippen LogP contribution >= 0.6 is 0 Å². The van der Waals surface area contributed by atoms with Crippen LogP contribution in [0, 0.1) is 6.92 Å². The lowest BCUT2D eigenvalue weighted by atomic mass is 10.0. The van der Waals surface area contributed by atoms with Gasteiger partial charge in [0.05, 0.1) is 23.5 Å². The number of aromatic carboxylic acids is 1. The van der Waals surface area contributed by atoms with E-state index in [4.69, 9.17) is 0 Å². The second-order valence-electron chi connectivity index (χ2n) is 8.73. The molecule has 0 aliphatic carbocycles. The van der Waals surface area contributed by atoms with Crippen molar-refractivity contribution in [1.82, 2.24) is 34.7 Å². The minimum Gasteiger partial charge on any atom is -0.478 e. The molecule has 10 nitrogen and oxygen atoms in total. The smallest absolute Gasteiger partial charge is 0.337 e. The molecular formula is C27H25N7O3. The Hall–Kier alpha value is -4.86. The number of aromatic nitrogens is 7. The van der Waals surface area contributed by atoms with Crippen LogP contribution in [0.5, 0.6) is 0 Å². The van der Waals surface area contributed by atoms with Crippen molar-refractivity contribution in [3.8, 4) is 28.3 Å². The van der Waals surface area contributed by atoms with Gasteiger partial charge in [0.2, 0.25) is 0 Å². The zero-order chi connectivity index (χ0) is 25.9. The van der Waals surface area contributed by atoms with E-state index in [1.165, 1.54) is 10.6 Å². The van der Waals surface area contributed by atoms with Gasteiger partial charge in [0.15, 0.2) is 5.82 Å². The van der Waals surface area contributed by atoms with Gasteiger partial charge in [-0.05, 0) is 47.0 Å². The van der Waals surface area contributed by atoms with E-state index in [2.05, 4.69) is 25.6 Å². The van der Waals surface area contributed by atoms with Crippen LogP contribution in [-0.4, -0.2) is 45.8 Å². The summed E-state index contributed by atoms with van der Waals surface area (Å²) in [7, 11) is 0. The molecule has 5 aromatic rings. The molecule has 0 amide bonds. The van der Waals surface area contributed by atoms with Gasteiger partial charge in [0.25, 0.3) is 0 Å². The molecule has 0 saturated carbocycles. The Morgan fingerprint density at radius 3 is 2.54 bits per heavy atom. The molecule has 0 aliphatic rings. The lowest BCUT2D eigenvalue weighted by Crippen LogP contribution is -2.26. The number of para-hydroxylation sites is 1. The Balaban J connectivity index is 1.51. The zero-order valence-electron chi connectivity index (χ0n) is 20.4. The van der Waals surface area contributed by atoms with Crippen molar-refractivity contribution < 1.29 is 9.90 Å². The molecule has 10 heteroatoms. The van der Waals surface area contributed by atoms with Crippen LogP contribution < -0.4 is 5.69 Å². The number of benzene rings is 2. The first-order valence-electron chi connectivity index (χ1n) is 11.9. The Morgan fingerprint density at radius 1 is 1.05 bits per heavy atom. The number of nitrogens with zero attached hydrogens (tertiary/aromatic N) is 6. The minimum atomic E-state index is -1.07. The molecule has 37 heavy (non-hydrogen) atoms. The molecule has 0 aliphatic heterocycles. The maximum atomic E-state index is 13.6. The van der Waals surface area contributed by atoms with Gasteiger partial charge in [0.1, 0.15) is 0 Å². The minimum absolute atomic E-state index is 0.0916. The van der Waals surface area contributed by atoms with Gasteiger partial charge in [-0.3, -0.25) is 14.1 Å². The van der Waals surface area contributed by atoms with Gasteiger partial charge in [-0.25, -0.2) is 14.7 Å². The summed E-state index contributed by atoms with van der Waals surface area (Å²) < 4.78 is 3.14. The van der Waals surface area contributed by atoms with Crippen molar-refractivity contribution >= 4 is 5.97 Å². The number of carbonyl (C=O) groups is 1. The summed E-state index contributed by atoms with van der Waals surface area (Å²) in [5.74, 6) is -0.521. The van der Waals surface area contributed by atoms with Gasteiger partial charge in [-0.1, -0.05) is 55.8 Å². The van der Waals surface area contributed by atoms with E-state index in [1.807, 2.05) is 43.3 Å². The molecule has 2 N–H and O–H groups in total. The molecule has 3 heterocycles. The summed E-state index contributed by atoms with van der Waals surface area (Å²) in [5, 5.41) is 23.8. The molecule has 0 fully saturated rings. The van der Waals surface area contributed by atoms with E-state index in [9.17, 15) is 14.7 Å². The van der Waals surface area contributed by atoms with Crippen LogP contribution in [0.1, 0.15) is 40.5 Å². The Kier molecular flexibility index (Phi) is 6.46. The van der Waals surface area contributed by atoms with Crippen LogP contribution in [0.15, 0.2) is 71.8 Å². The summed E-state index contributed by atoms with van der Waals surface area (Å²) >= 11 is 0. The summed E-state index contributed by atoms with van der Waals surface area (Å²) in [6.07, 6.45) is 5.03. The summed E-state index contributed by atoms with van der Waals surface area (Å²) in [4.78, 5) is 30.1. The van der Waals surface area contributed by atoms with Crippen molar-refractivity contribution in [2.75, 3.05) is 0 Å². The van der Waals surface area contributed by atoms with Gasteiger partial charge >= 0.3 is 11.7 Å². The maximum absolute atomic E-state index is 13.6. The van der Waals surface area contributed by atoms with Gasteiger partial charge < -0.3 is 5.11 Å². The quantitative estimate of drug-likeness (QED) is 0.334. The highest BCUT2D eigenvalue weighted by Crippen LogP contribution is 2.28. The third kappa shape index (κ3) is 4.56. The number of H-pyrrole nitrogens is 1. The summed E-state index contributed by atoms with van der Waals surface area (Å²) in [6, 6.07) is 16.6. The first kappa shape index (κ1) is 23.9. The number of aromatic amines is 1. The number of hydrogen-bond donors (Lipinski definition) is 2. The molecule has 5 rings (SSSR count). The lowest BCUT2D eigenvalue weighted by molar-refractivity contribution is 0.0696. The third-order valence-electron chi connectivity index (χ3n) is 6.25. The number of rotatable bonds is 8.